The molecule has 0 aromatic heterocycles. The third-order valence-corrected chi connectivity index (χ3v) is 4.42. The van der Waals surface area contributed by atoms with Crippen LogP contribution >= 0.6 is 39.3 Å². The number of carbonyl (C=O) groups excluding carboxylic acids is 1. The summed E-state index contributed by atoms with van der Waals surface area (Å²) in [5.41, 5.74) is 1.89. The van der Waals surface area contributed by atoms with Crippen molar-refractivity contribution in [1.82, 2.24) is 0 Å². The lowest BCUT2D eigenvalue weighted by atomic mass is 10.2. The number of halogens is 2. The molecule has 0 amide bonds. The summed E-state index contributed by atoms with van der Waals surface area (Å²) in [6.45, 7) is 0. The monoisotopic (exact) mass is 340 g/mol. The fraction of sp³-hybridized carbons (Fsp3) is 0.0714. The van der Waals surface area contributed by atoms with Crippen molar-refractivity contribution < 1.29 is 4.79 Å². The van der Waals surface area contributed by atoms with E-state index in [2.05, 4.69) is 15.9 Å². The summed E-state index contributed by atoms with van der Waals surface area (Å²) < 4.78 is 1.01. The van der Waals surface area contributed by atoms with Crippen molar-refractivity contribution in [3.8, 4) is 0 Å². The molecule has 0 aliphatic rings. The highest BCUT2D eigenvalue weighted by Crippen LogP contribution is 2.29. The zero-order valence-electron chi connectivity index (χ0n) is 9.40. The minimum Gasteiger partial charge on any atom is -0.298 e. The Morgan fingerprint density at radius 3 is 2.78 bits per heavy atom. The van der Waals surface area contributed by atoms with Crippen molar-refractivity contribution in [1.29, 1.82) is 0 Å². The Balaban J connectivity index is 2.08. The molecule has 0 aliphatic heterocycles. The van der Waals surface area contributed by atoms with Crippen LogP contribution in [0.2, 0.25) is 5.02 Å². The number of aldehydes is 1. The summed E-state index contributed by atoms with van der Waals surface area (Å²) in [6.07, 6.45) is 0.863. The zero-order valence-corrected chi connectivity index (χ0v) is 12.6. The van der Waals surface area contributed by atoms with Crippen LogP contribution in [0, 0.1) is 0 Å². The number of rotatable bonds is 4. The van der Waals surface area contributed by atoms with E-state index >= 15 is 0 Å². The van der Waals surface area contributed by atoms with E-state index in [1.807, 2.05) is 36.4 Å². The molecule has 0 bridgehead atoms. The molecule has 4 heteroatoms. The first-order valence-electron chi connectivity index (χ1n) is 5.31. The average molecular weight is 342 g/mol. The van der Waals surface area contributed by atoms with Crippen molar-refractivity contribution in [2.75, 3.05) is 0 Å². The maximum atomic E-state index is 10.7. The maximum absolute atomic E-state index is 10.7. The second-order valence-corrected chi connectivity index (χ2v) is 6.05. The van der Waals surface area contributed by atoms with Crippen LogP contribution in [-0.4, -0.2) is 6.29 Å². The molecular weight excluding hydrogens is 332 g/mol. The number of hydrogen-bond acceptors (Lipinski definition) is 2. The van der Waals surface area contributed by atoms with E-state index in [0.717, 1.165) is 26.4 Å². The summed E-state index contributed by atoms with van der Waals surface area (Å²) in [6, 6.07) is 13.4. The summed E-state index contributed by atoms with van der Waals surface area (Å²) in [5.74, 6) is 0.833. The number of hydrogen-bond donors (Lipinski definition) is 0. The molecule has 0 N–H and O–H groups in total. The molecule has 0 fully saturated rings. The van der Waals surface area contributed by atoms with Crippen molar-refractivity contribution in [3.63, 3.8) is 0 Å². The summed E-state index contributed by atoms with van der Waals surface area (Å²) in [7, 11) is 0. The zero-order chi connectivity index (χ0) is 13.0. The Morgan fingerprint density at radius 1 is 1.22 bits per heavy atom. The van der Waals surface area contributed by atoms with Crippen LogP contribution in [-0.2, 0) is 5.75 Å². The molecule has 0 spiro atoms. The standard InChI is InChI=1S/C14H10BrClOS/c15-14-7-12(16)5-4-11(14)9-18-13-3-1-2-10(6-13)8-17/h1-8H,9H2. The molecule has 92 valence electrons. The predicted octanol–water partition coefficient (Wildman–Crippen LogP) is 5.21. The topological polar surface area (TPSA) is 17.1 Å². The van der Waals surface area contributed by atoms with Gasteiger partial charge in [-0.25, -0.2) is 0 Å². The molecule has 0 atom stereocenters. The first-order valence-corrected chi connectivity index (χ1v) is 7.46. The highest BCUT2D eigenvalue weighted by molar-refractivity contribution is 9.10. The minimum absolute atomic E-state index is 0.704. The van der Waals surface area contributed by atoms with Crippen LogP contribution in [0.3, 0.4) is 0 Å². The fourth-order valence-electron chi connectivity index (χ4n) is 1.48. The van der Waals surface area contributed by atoms with Gasteiger partial charge in [-0.1, -0.05) is 45.7 Å². The van der Waals surface area contributed by atoms with Crippen LogP contribution < -0.4 is 0 Å². The molecule has 2 rings (SSSR count). The molecule has 0 saturated carbocycles. The molecule has 0 aliphatic carbocycles. The maximum Gasteiger partial charge on any atom is 0.150 e. The van der Waals surface area contributed by atoms with Gasteiger partial charge < -0.3 is 0 Å². The van der Waals surface area contributed by atoms with Crippen molar-refractivity contribution in [2.24, 2.45) is 0 Å². The molecule has 18 heavy (non-hydrogen) atoms. The summed E-state index contributed by atoms with van der Waals surface area (Å²) >= 11 is 11.1. The number of carbonyl (C=O) groups is 1. The van der Waals surface area contributed by atoms with E-state index in [1.165, 1.54) is 5.56 Å². The smallest absolute Gasteiger partial charge is 0.150 e. The fourth-order valence-corrected chi connectivity index (χ4v) is 3.45. The highest BCUT2D eigenvalue weighted by atomic mass is 79.9. The minimum atomic E-state index is 0.704. The van der Waals surface area contributed by atoms with Crippen LogP contribution in [0.15, 0.2) is 51.8 Å². The molecule has 0 unspecified atom stereocenters. The first-order chi connectivity index (χ1) is 8.69. The van der Waals surface area contributed by atoms with Gasteiger partial charge in [-0.05, 0) is 29.8 Å². The average Bonchev–Trinajstić information content (AvgIpc) is 2.38. The van der Waals surface area contributed by atoms with E-state index in [1.54, 1.807) is 17.8 Å². The van der Waals surface area contributed by atoms with Gasteiger partial charge in [0.05, 0.1) is 0 Å². The highest BCUT2D eigenvalue weighted by Gasteiger charge is 2.02. The van der Waals surface area contributed by atoms with E-state index in [0.29, 0.717) is 5.56 Å². The molecular formula is C14H10BrClOS. The SMILES string of the molecule is O=Cc1cccc(SCc2ccc(Cl)cc2Br)c1. The molecule has 0 saturated heterocycles. The van der Waals surface area contributed by atoms with Crippen LogP contribution in [0.25, 0.3) is 0 Å². The van der Waals surface area contributed by atoms with Gasteiger partial charge in [-0.2, -0.15) is 0 Å². The van der Waals surface area contributed by atoms with E-state index in [9.17, 15) is 4.79 Å². The van der Waals surface area contributed by atoms with Crippen molar-refractivity contribution >= 4 is 45.6 Å². The van der Waals surface area contributed by atoms with Gasteiger partial charge in [0.1, 0.15) is 6.29 Å². The van der Waals surface area contributed by atoms with E-state index < -0.39 is 0 Å². The van der Waals surface area contributed by atoms with Crippen molar-refractivity contribution in [2.45, 2.75) is 10.6 Å². The predicted molar refractivity (Wildman–Crippen MR) is 80.5 cm³/mol. The number of thioether (sulfide) groups is 1. The van der Waals surface area contributed by atoms with Crippen molar-refractivity contribution in [3.05, 3.63) is 63.1 Å². The Labute approximate surface area is 124 Å². The third-order valence-electron chi connectivity index (χ3n) is 2.40. The lowest BCUT2D eigenvalue weighted by Crippen LogP contribution is -1.84. The molecule has 2 aromatic carbocycles. The molecule has 2 aromatic rings. The van der Waals surface area contributed by atoms with Gasteiger partial charge in [0, 0.05) is 25.7 Å². The van der Waals surface area contributed by atoms with Gasteiger partial charge in [0.2, 0.25) is 0 Å². The second kappa shape index (κ2) is 6.41. The number of benzene rings is 2. The van der Waals surface area contributed by atoms with Gasteiger partial charge in [-0.3, -0.25) is 4.79 Å². The van der Waals surface area contributed by atoms with Crippen LogP contribution in [0.5, 0.6) is 0 Å². The lowest BCUT2D eigenvalue weighted by molar-refractivity contribution is 0.112. The lowest BCUT2D eigenvalue weighted by Gasteiger charge is -2.05. The molecule has 0 radical (unpaired) electrons. The molecule has 0 heterocycles. The quantitative estimate of drug-likeness (QED) is 0.561. The van der Waals surface area contributed by atoms with Gasteiger partial charge in [0.15, 0.2) is 0 Å². The molecule has 1 nitrogen and oxygen atoms in total. The van der Waals surface area contributed by atoms with Gasteiger partial charge >= 0.3 is 0 Å². The summed E-state index contributed by atoms with van der Waals surface area (Å²) in [5, 5.41) is 0.721. The Morgan fingerprint density at radius 2 is 2.06 bits per heavy atom. The van der Waals surface area contributed by atoms with Crippen LogP contribution in [0.1, 0.15) is 15.9 Å². The first kappa shape index (κ1) is 13.7. The third kappa shape index (κ3) is 3.61. The summed E-state index contributed by atoms with van der Waals surface area (Å²) in [4.78, 5) is 11.8. The van der Waals surface area contributed by atoms with Crippen LogP contribution in [0.4, 0.5) is 0 Å². The van der Waals surface area contributed by atoms with Gasteiger partial charge in [0.25, 0.3) is 0 Å². The Hall–Kier alpha value is -0.770. The largest absolute Gasteiger partial charge is 0.298 e. The van der Waals surface area contributed by atoms with E-state index in [4.69, 9.17) is 11.6 Å². The van der Waals surface area contributed by atoms with E-state index in [-0.39, 0.29) is 0 Å². The normalized spacial score (nSPS) is 10.3. The van der Waals surface area contributed by atoms with Gasteiger partial charge in [-0.15, -0.1) is 11.8 Å². The Kier molecular flexibility index (Phi) is 4.87. The second-order valence-electron chi connectivity index (χ2n) is 3.71. The Bertz CT molecular complexity index is 571.